The number of carbonyl (C=O) groups is 1. The zero-order valence-corrected chi connectivity index (χ0v) is 7.94. The lowest BCUT2D eigenvalue weighted by Crippen LogP contribution is -2.20. The molecule has 0 aliphatic heterocycles. The van der Waals surface area contributed by atoms with Crippen molar-refractivity contribution in [2.45, 2.75) is 6.92 Å². The van der Waals surface area contributed by atoms with Gasteiger partial charge in [-0.05, 0) is 19.1 Å². The Morgan fingerprint density at radius 1 is 1.62 bits per heavy atom. The number of aromatic hydroxyl groups is 1. The monoisotopic (exact) mass is 200 g/mol. The van der Waals surface area contributed by atoms with Gasteiger partial charge in [-0.1, -0.05) is 0 Å². The van der Waals surface area contributed by atoms with E-state index in [0.717, 1.165) is 4.57 Å². The van der Waals surface area contributed by atoms with Crippen molar-refractivity contribution >= 4 is 18.0 Å². The summed E-state index contributed by atoms with van der Waals surface area (Å²) in [5, 5.41) is 9.39. The van der Waals surface area contributed by atoms with Gasteiger partial charge >= 0.3 is 0 Å². The van der Waals surface area contributed by atoms with E-state index in [9.17, 15) is 14.7 Å². The number of hydrogen-bond donors (Lipinski definition) is 2. The van der Waals surface area contributed by atoms with Crippen LogP contribution in [0.1, 0.15) is 17.3 Å². The van der Waals surface area contributed by atoms with Crippen molar-refractivity contribution in [3.8, 4) is 5.88 Å². The summed E-state index contributed by atoms with van der Waals surface area (Å²) in [5.41, 5.74) is -0.927. The van der Waals surface area contributed by atoms with Crippen LogP contribution in [0.25, 0.3) is 0 Å². The first-order valence-corrected chi connectivity index (χ1v) is 3.89. The molecule has 0 aliphatic rings. The summed E-state index contributed by atoms with van der Waals surface area (Å²) in [4.78, 5) is 24.3. The number of aromatic nitrogens is 2. The van der Waals surface area contributed by atoms with E-state index in [1.54, 1.807) is 0 Å². The normalized spacial score (nSPS) is 10.0. The predicted octanol–water partition coefficient (Wildman–Crippen LogP) is 0.351. The van der Waals surface area contributed by atoms with Gasteiger partial charge in [-0.25, -0.2) is 0 Å². The van der Waals surface area contributed by atoms with Gasteiger partial charge in [-0.3, -0.25) is 19.1 Å². The lowest BCUT2D eigenvalue weighted by Gasteiger charge is -2.04. The summed E-state index contributed by atoms with van der Waals surface area (Å²) in [6, 6.07) is 0. The third kappa shape index (κ3) is 1.52. The number of rotatable bonds is 1. The molecule has 0 aromatic carbocycles. The Balaban J connectivity index is 3.73. The Hall–Kier alpha value is -1.43. The van der Waals surface area contributed by atoms with E-state index in [4.69, 9.17) is 12.2 Å². The van der Waals surface area contributed by atoms with Gasteiger partial charge in [-0.2, -0.15) is 0 Å². The van der Waals surface area contributed by atoms with E-state index < -0.39 is 17.2 Å². The second kappa shape index (κ2) is 3.14. The lowest BCUT2D eigenvalue weighted by molar-refractivity contribution is 0.101. The van der Waals surface area contributed by atoms with Crippen molar-refractivity contribution in [1.29, 1.82) is 0 Å². The van der Waals surface area contributed by atoms with Gasteiger partial charge in [0, 0.05) is 7.05 Å². The minimum absolute atomic E-state index is 0.0764. The van der Waals surface area contributed by atoms with Crippen molar-refractivity contribution in [2.75, 3.05) is 0 Å². The fraction of sp³-hybridized carbons (Fsp3) is 0.286. The van der Waals surface area contributed by atoms with Crippen LogP contribution < -0.4 is 5.56 Å². The molecule has 0 spiro atoms. The fourth-order valence-electron chi connectivity index (χ4n) is 0.926. The molecule has 1 heterocycles. The van der Waals surface area contributed by atoms with Crippen molar-refractivity contribution in [3.05, 3.63) is 20.7 Å². The summed E-state index contributed by atoms with van der Waals surface area (Å²) in [6.45, 7) is 1.20. The van der Waals surface area contributed by atoms with E-state index in [0.29, 0.717) is 0 Å². The second-order valence-electron chi connectivity index (χ2n) is 2.57. The molecule has 1 rings (SSSR count). The van der Waals surface area contributed by atoms with E-state index in [-0.39, 0.29) is 10.3 Å². The fourth-order valence-corrected chi connectivity index (χ4v) is 1.11. The molecule has 0 bridgehead atoms. The number of Topliss-reactive ketones (excluding diaryl/α,β-unsaturated/α-hetero) is 1. The number of aromatic amines is 1. The van der Waals surface area contributed by atoms with E-state index in [2.05, 4.69) is 4.98 Å². The van der Waals surface area contributed by atoms with Crippen LogP contribution in [0.5, 0.6) is 5.88 Å². The van der Waals surface area contributed by atoms with Crippen molar-refractivity contribution in [3.63, 3.8) is 0 Å². The molecular weight excluding hydrogens is 192 g/mol. The number of nitrogens with zero attached hydrogens (tertiary/aromatic N) is 1. The summed E-state index contributed by atoms with van der Waals surface area (Å²) in [6.07, 6.45) is 0. The maximum atomic E-state index is 11.1. The molecule has 0 amide bonds. The molecule has 0 unspecified atom stereocenters. The van der Waals surface area contributed by atoms with Crippen molar-refractivity contribution in [1.82, 2.24) is 9.55 Å². The third-order valence-corrected chi connectivity index (χ3v) is 2.02. The number of H-pyrrole nitrogens is 1. The van der Waals surface area contributed by atoms with Crippen LogP contribution in [0.4, 0.5) is 0 Å². The topological polar surface area (TPSA) is 75.1 Å². The number of hydrogen-bond acceptors (Lipinski definition) is 4. The van der Waals surface area contributed by atoms with Gasteiger partial charge in [0.15, 0.2) is 10.6 Å². The molecule has 70 valence electrons. The van der Waals surface area contributed by atoms with Gasteiger partial charge in [0.2, 0.25) is 5.88 Å². The van der Waals surface area contributed by atoms with E-state index in [1.165, 1.54) is 14.0 Å². The molecular formula is C7H8N2O3S. The number of nitrogens with one attached hydrogen (secondary N) is 1. The van der Waals surface area contributed by atoms with Crippen LogP contribution in [0.3, 0.4) is 0 Å². The standard InChI is InChI=1S/C7H8N2O3S/c1-3(10)4-5(11)8-7(13)9(2)6(4)12/h12H,1-2H3,(H,8,11,13). The van der Waals surface area contributed by atoms with Crippen LogP contribution >= 0.6 is 12.2 Å². The van der Waals surface area contributed by atoms with Gasteiger partial charge in [-0.15, -0.1) is 0 Å². The Kier molecular flexibility index (Phi) is 2.33. The van der Waals surface area contributed by atoms with E-state index >= 15 is 0 Å². The number of ketones is 1. The molecule has 1 aromatic rings. The molecule has 0 aliphatic carbocycles. The average molecular weight is 200 g/mol. The van der Waals surface area contributed by atoms with Crippen LogP contribution in [0, 0.1) is 4.77 Å². The zero-order valence-electron chi connectivity index (χ0n) is 7.12. The molecule has 13 heavy (non-hydrogen) atoms. The van der Waals surface area contributed by atoms with Crippen LogP contribution in [-0.4, -0.2) is 20.4 Å². The first-order valence-electron chi connectivity index (χ1n) is 3.48. The minimum atomic E-state index is -0.659. The van der Waals surface area contributed by atoms with Crippen molar-refractivity contribution in [2.24, 2.45) is 7.05 Å². The smallest absolute Gasteiger partial charge is 0.266 e. The molecule has 0 saturated carbocycles. The first kappa shape index (κ1) is 9.66. The minimum Gasteiger partial charge on any atom is -0.494 e. The molecule has 0 radical (unpaired) electrons. The lowest BCUT2D eigenvalue weighted by atomic mass is 10.2. The van der Waals surface area contributed by atoms with Crippen LogP contribution in [-0.2, 0) is 7.05 Å². The first-order chi connectivity index (χ1) is 5.95. The molecule has 1 aromatic heterocycles. The maximum Gasteiger partial charge on any atom is 0.266 e. The molecule has 0 saturated heterocycles. The van der Waals surface area contributed by atoms with Gasteiger partial charge in [0.1, 0.15) is 5.56 Å². The Labute approximate surface area is 78.7 Å². The quantitative estimate of drug-likeness (QED) is 0.506. The highest BCUT2D eigenvalue weighted by molar-refractivity contribution is 7.71. The summed E-state index contributed by atoms with van der Waals surface area (Å²) < 4.78 is 1.24. The van der Waals surface area contributed by atoms with E-state index in [1.807, 2.05) is 0 Å². The van der Waals surface area contributed by atoms with Gasteiger partial charge in [0.25, 0.3) is 5.56 Å². The SMILES string of the molecule is CC(=O)c1c(O)n(C)c(=S)[nH]c1=O. The highest BCUT2D eigenvalue weighted by Crippen LogP contribution is 2.10. The number of carbonyl (C=O) groups excluding carboxylic acids is 1. The molecule has 2 N–H and O–H groups in total. The average Bonchev–Trinajstić information content (AvgIpc) is 1.99. The molecule has 5 nitrogen and oxygen atoms in total. The maximum absolute atomic E-state index is 11.1. The van der Waals surface area contributed by atoms with Gasteiger partial charge < -0.3 is 5.11 Å². The third-order valence-electron chi connectivity index (χ3n) is 1.65. The van der Waals surface area contributed by atoms with Crippen molar-refractivity contribution < 1.29 is 9.90 Å². The Morgan fingerprint density at radius 3 is 2.62 bits per heavy atom. The predicted molar refractivity (Wildman–Crippen MR) is 48.5 cm³/mol. The zero-order chi connectivity index (χ0) is 10.2. The van der Waals surface area contributed by atoms with Crippen LogP contribution in [0.2, 0.25) is 0 Å². The summed E-state index contributed by atoms with van der Waals surface area (Å²) in [5.74, 6) is -0.898. The molecule has 6 heteroatoms. The Morgan fingerprint density at radius 2 is 2.15 bits per heavy atom. The second-order valence-corrected chi connectivity index (χ2v) is 2.96. The molecule has 0 atom stereocenters. The van der Waals surface area contributed by atoms with Gasteiger partial charge in [0.05, 0.1) is 0 Å². The largest absolute Gasteiger partial charge is 0.494 e. The van der Waals surface area contributed by atoms with Crippen LogP contribution in [0.15, 0.2) is 4.79 Å². The highest BCUT2D eigenvalue weighted by atomic mass is 32.1. The highest BCUT2D eigenvalue weighted by Gasteiger charge is 2.14. The molecule has 0 fully saturated rings. The summed E-state index contributed by atoms with van der Waals surface area (Å²) in [7, 11) is 1.46. The summed E-state index contributed by atoms with van der Waals surface area (Å²) >= 11 is 4.71. The Bertz CT molecular complexity index is 472.